The van der Waals surface area contributed by atoms with Crippen molar-refractivity contribution in [3.05, 3.63) is 105 Å². The summed E-state index contributed by atoms with van der Waals surface area (Å²) in [4.78, 5) is 38.1. The van der Waals surface area contributed by atoms with Crippen molar-refractivity contribution in [2.45, 2.75) is 13.0 Å². The Labute approximate surface area is 189 Å². The topological polar surface area (TPSA) is 110 Å². The summed E-state index contributed by atoms with van der Waals surface area (Å²) in [5.74, 6) is -1.41. The number of hydrogen-bond acceptors (Lipinski definition) is 6. The molecule has 1 aliphatic heterocycles. The van der Waals surface area contributed by atoms with Crippen LogP contribution in [0, 0.1) is 17.0 Å². The number of ether oxygens (including phenoxy) is 1. The first kappa shape index (κ1) is 21.8. The third-order valence-electron chi connectivity index (χ3n) is 5.60. The maximum Gasteiger partial charge on any atom is 0.300 e. The zero-order chi connectivity index (χ0) is 23.7. The summed E-state index contributed by atoms with van der Waals surface area (Å²) in [7, 11) is 1.53. The van der Waals surface area contributed by atoms with Crippen LogP contribution < -0.4 is 9.64 Å². The summed E-state index contributed by atoms with van der Waals surface area (Å²) in [5, 5.41) is 22.1. The molecule has 0 aliphatic carbocycles. The van der Waals surface area contributed by atoms with Gasteiger partial charge >= 0.3 is 0 Å². The molecular weight excluding hydrogens is 424 g/mol. The van der Waals surface area contributed by atoms with Gasteiger partial charge in [-0.15, -0.1) is 0 Å². The van der Waals surface area contributed by atoms with Gasteiger partial charge in [0.1, 0.15) is 11.5 Å². The van der Waals surface area contributed by atoms with Gasteiger partial charge in [-0.05, 0) is 48.4 Å². The molecular formula is C25H20N2O6. The molecule has 1 atom stereocenters. The van der Waals surface area contributed by atoms with Crippen LogP contribution in [0.25, 0.3) is 5.76 Å². The van der Waals surface area contributed by atoms with E-state index in [1.165, 1.54) is 36.3 Å². The van der Waals surface area contributed by atoms with Crippen molar-refractivity contribution >= 4 is 28.8 Å². The van der Waals surface area contributed by atoms with E-state index in [1.807, 2.05) is 19.1 Å². The second-order valence-corrected chi connectivity index (χ2v) is 7.53. The Kier molecular flexibility index (Phi) is 5.66. The van der Waals surface area contributed by atoms with Crippen molar-refractivity contribution in [2.75, 3.05) is 12.0 Å². The lowest BCUT2D eigenvalue weighted by molar-refractivity contribution is -0.384. The number of nitro groups is 1. The number of methoxy groups -OCH3 is 1. The third kappa shape index (κ3) is 3.82. The lowest BCUT2D eigenvalue weighted by Crippen LogP contribution is -2.30. The minimum atomic E-state index is -0.896. The first-order chi connectivity index (χ1) is 15.8. The predicted molar refractivity (Wildman–Crippen MR) is 122 cm³/mol. The second kappa shape index (κ2) is 8.58. The fourth-order valence-electron chi connectivity index (χ4n) is 3.91. The lowest BCUT2D eigenvalue weighted by atomic mass is 9.94. The minimum absolute atomic E-state index is 0.0951. The number of nitro benzene ring substituents is 1. The quantitative estimate of drug-likeness (QED) is 0.203. The molecule has 8 nitrogen and oxygen atoms in total. The Morgan fingerprint density at radius 2 is 1.64 bits per heavy atom. The smallest absolute Gasteiger partial charge is 0.300 e. The number of Topliss-reactive ketones (excluding diaryl/α,β-unsaturated/α-hetero) is 1. The molecule has 1 amide bonds. The van der Waals surface area contributed by atoms with Crippen LogP contribution in [-0.4, -0.2) is 28.8 Å². The predicted octanol–water partition coefficient (Wildman–Crippen LogP) is 4.54. The van der Waals surface area contributed by atoms with E-state index in [0.29, 0.717) is 17.0 Å². The van der Waals surface area contributed by atoms with E-state index in [0.717, 1.165) is 5.56 Å². The van der Waals surface area contributed by atoms with Crippen molar-refractivity contribution in [1.29, 1.82) is 0 Å². The number of carbonyl (C=O) groups is 2. The van der Waals surface area contributed by atoms with Gasteiger partial charge in [0.2, 0.25) is 0 Å². The highest BCUT2D eigenvalue weighted by Crippen LogP contribution is 2.43. The number of amides is 1. The van der Waals surface area contributed by atoms with Crippen molar-refractivity contribution in [2.24, 2.45) is 0 Å². The van der Waals surface area contributed by atoms with Gasteiger partial charge in [0.15, 0.2) is 0 Å². The van der Waals surface area contributed by atoms with Crippen molar-refractivity contribution in [1.82, 2.24) is 0 Å². The Bertz CT molecular complexity index is 1280. The van der Waals surface area contributed by atoms with Crippen molar-refractivity contribution < 1.29 is 24.4 Å². The van der Waals surface area contributed by atoms with Crippen LogP contribution in [0.4, 0.5) is 11.4 Å². The van der Waals surface area contributed by atoms with Crippen molar-refractivity contribution in [3.63, 3.8) is 0 Å². The Morgan fingerprint density at radius 3 is 2.21 bits per heavy atom. The Hall–Kier alpha value is -4.46. The van der Waals surface area contributed by atoms with Gasteiger partial charge in [-0.2, -0.15) is 0 Å². The number of non-ortho nitro benzene ring substituents is 1. The fraction of sp³-hybridized carbons (Fsp3) is 0.120. The molecule has 0 spiro atoms. The van der Waals surface area contributed by atoms with E-state index in [2.05, 4.69) is 0 Å². The molecule has 166 valence electrons. The minimum Gasteiger partial charge on any atom is -0.507 e. The largest absolute Gasteiger partial charge is 0.507 e. The molecule has 0 saturated carbocycles. The average Bonchev–Trinajstić information content (AvgIpc) is 3.09. The third-order valence-corrected chi connectivity index (χ3v) is 5.60. The normalized spacial score (nSPS) is 17.3. The molecule has 3 aromatic carbocycles. The molecule has 33 heavy (non-hydrogen) atoms. The molecule has 1 aliphatic rings. The van der Waals surface area contributed by atoms with Gasteiger partial charge in [-0.1, -0.05) is 30.3 Å². The molecule has 0 radical (unpaired) electrons. The maximum absolute atomic E-state index is 13.2. The number of hydrogen-bond donors (Lipinski definition) is 1. The Balaban J connectivity index is 1.92. The molecule has 3 aromatic rings. The summed E-state index contributed by atoms with van der Waals surface area (Å²) in [6.45, 7) is 1.83. The highest BCUT2D eigenvalue weighted by atomic mass is 16.6. The number of aliphatic hydroxyl groups excluding tert-OH is 1. The summed E-state index contributed by atoms with van der Waals surface area (Å²) in [6, 6.07) is 18.3. The van der Waals surface area contributed by atoms with Crippen LogP contribution in [0.2, 0.25) is 0 Å². The monoisotopic (exact) mass is 444 g/mol. The van der Waals surface area contributed by atoms with Gasteiger partial charge < -0.3 is 9.84 Å². The zero-order valence-corrected chi connectivity index (χ0v) is 17.9. The second-order valence-electron chi connectivity index (χ2n) is 7.53. The van der Waals surface area contributed by atoms with Crippen molar-refractivity contribution in [3.8, 4) is 5.75 Å². The van der Waals surface area contributed by atoms with Crippen LogP contribution in [0.5, 0.6) is 5.75 Å². The van der Waals surface area contributed by atoms with E-state index in [1.54, 1.807) is 36.4 Å². The van der Waals surface area contributed by atoms with Gasteiger partial charge in [0, 0.05) is 23.4 Å². The molecule has 4 rings (SSSR count). The maximum atomic E-state index is 13.2. The molecule has 0 bridgehead atoms. The van der Waals surface area contributed by atoms with Crippen LogP contribution >= 0.6 is 0 Å². The number of benzene rings is 3. The van der Waals surface area contributed by atoms with Crippen LogP contribution in [0.3, 0.4) is 0 Å². The summed E-state index contributed by atoms with van der Waals surface area (Å²) >= 11 is 0. The van der Waals surface area contributed by atoms with E-state index in [-0.39, 0.29) is 16.8 Å². The highest BCUT2D eigenvalue weighted by Gasteiger charge is 2.47. The molecule has 1 saturated heterocycles. The fourth-order valence-corrected chi connectivity index (χ4v) is 3.91. The summed E-state index contributed by atoms with van der Waals surface area (Å²) in [5.41, 5.74) is 1.88. The number of ketones is 1. The van der Waals surface area contributed by atoms with Gasteiger partial charge in [0.25, 0.3) is 17.4 Å². The van der Waals surface area contributed by atoms with Crippen LogP contribution in [-0.2, 0) is 9.59 Å². The molecule has 0 aromatic heterocycles. The van der Waals surface area contributed by atoms with Crippen LogP contribution in [0.15, 0.2) is 78.4 Å². The molecule has 1 fully saturated rings. The number of aryl methyl sites for hydroxylation is 1. The number of rotatable bonds is 5. The zero-order valence-electron chi connectivity index (χ0n) is 17.9. The number of carbonyl (C=O) groups excluding carboxylic acids is 2. The standard InChI is InChI=1S/C25H20N2O6/c1-15-5-3-4-6-20(15)26-22(16-9-13-19(33-2)14-10-16)21(24(29)25(26)30)23(28)17-7-11-18(12-8-17)27(31)32/h3-14,22,28H,1-2H3/b23-21-. The highest BCUT2D eigenvalue weighted by molar-refractivity contribution is 6.51. The van der Waals surface area contributed by atoms with E-state index in [4.69, 9.17) is 4.74 Å². The lowest BCUT2D eigenvalue weighted by Gasteiger charge is -2.26. The first-order valence-corrected chi connectivity index (χ1v) is 10.1. The average molecular weight is 444 g/mol. The van der Waals surface area contributed by atoms with E-state index >= 15 is 0 Å². The molecule has 8 heteroatoms. The summed E-state index contributed by atoms with van der Waals surface area (Å²) < 4.78 is 5.21. The Morgan fingerprint density at radius 1 is 1.00 bits per heavy atom. The number of nitrogens with zero attached hydrogens (tertiary/aromatic N) is 2. The molecule has 1 heterocycles. The number of aliphatic hydroxyl groups is 1. The van der Waals surface area contributed by atoms with Crippen LogP contribution in [0.1, 0.15) is 22.7 Å². The molecule has 1 N–H and O–H groups in total. The summed E-state index contributed by atoms with van der Waals surface area (Å²) in [6.07, 6.45) is 0. The van der Waals surface area contributed by atoms with E-state index in [9.17, 15) is 24.8 Å². The molecule has 1 unspecified atom stereocenters. The van der Waals surface area contributed by atoms with Gasteiger partial charge in [0.05, 0.1) is 23.6 Å². The SMILES string of the molecule is COc1ccc(C2/C(=C(/O)c3ccc([N+](=O)[O-])cc3)C(=O)C(=O)N2c2ccccc2C)cc1. The van der Waals surface area contributed by atoms with E-state index < -0.39 is 28.4 Å². The van der Waals surface area contributed by atoms with Gasteiger partial charge in [-0.25, -0.2) is 0 Å². The first-order valence-electron chi connectivity index (χ1n) is 10.1. The van der Waals surface area contributed by atoms with Gasteiger partial charge in [-0.3, -0.25) is 24.6 Å². The number of anilines is 1. The number of para-hydroxylation sites is 1.